The summed E-state index contributed by atoms with van der Waals surface area (Å²) in [7, 11) is 0. The molecule has 1 aliphatic rings. The third-order valence-electron chi connectivity index (χ3n) is 4.81. The molecule has 2 heterocycles. The number of aromatic amines is 1. The van der Waals surface area contributed by atoms with E-state index in [4.69, 9.17) is 0 Å². The van der Waals surface area contributed by atoms with Crippen molar-refractivity contribution in [1.29, 1.82) is 0 Å². The van der Waals surface area contributed by atoms with E-state index in [2.05, 4.69) is 39.6 Å². The minimum atomic E-state index is -0.0395. The molecule has 0 atom stereocenters. The predicted molar refractivity (Wildman–Crippen MR) is 104 cm³/mol. The number of amides is 1. The molecule has 0 aliphatic heterocycles. The van der Waals surface area contributed by atoms with Crippen LogP contribution in [0.1, 0.15) is 26.6 Å². The van der Waals surface area contributed by atoms with Crippen molar-refractivity contribution in [3.8, 4) is 10.4 Å². The number of hydrogen-bond acceptors (Lipinski definition) is 3. The van der Waals surface area contributed by atoms with Crippen molar-refractivity contribution < 1.29 is 4.79 Å². The monoisotopic (exact) mass is 359 g/mol. The lowest BCUT2D eigenvalue weighted by Crippen LogP contribution is -2.22. The van der Waals surface area contributed by atoms with Crippen LogP contribution >= 0.6 is 11.3 Å². The standard InChI is InChI=1S/C21H17N3OS/c25-21(22-12-19-23-16-7-3-4-8-17(16)24-19)18-11-14-10-9-13-5-1-2-6-15(13)20(14)26-18/h1-8,11H,9-10,12H2,(H,22,25)(H,23,24). The van der Waals surface area contributed by atoms with Gasteiger partial charge in [0.05, 0.1) is 22.5 Å². The van der Waals surface area contributed by atoms with E-state index in [0.29, 0.717) is 6.54 Å². The van der Waals surface area contributed by atoms with E-state index in [0.717, 1.165) is 34.6 Å². The Morgan fingerprint density at radius 3 is 2.81 bits per heavy atom. The Kier molecular flexibility index (Phi) is 3.60. The molecule has 2 aromatic heterocycles. The van der Waals surface area contributed by atoms with Gasteiger partial charge >= 0.3 is 0 Å². The molecule has 5 heteroatoms. The number of rotatable bonds is 3. The Labute approximate surface area is 154 Å². The van der Waals surface area contributed by atoms with Crippen LogP contribution in [-0.2, 0) is 19.4 Å². The van der Waals surface area contributed by atoms with Crippen molar-refractivity contribution in [3.05, 3.63) is 76.4 Å². The average molecular weight is 359 g/mol. The highest BCUT2D eigenvalue weighted by atomic mass is 32.1. The van der Waals surface area contributed by atoms with Gasteiger partial charge in [-0.25, -0.2) is 4.98 Å². The number of aryl methyl sites for hydroxylation is 2. The maximum atomic E-state index is 12.6. The van der Waals surface area contributed by atoms with Crippen LogP contribution in [0.4, 0.5) is 0 Å². The highest BCUT2D eigenvalue weighted by Gasteiger charge is 2.21. The smallest absolute Gasteiger partial charge is 0.261 e. The van der Waals surface area contributed by atoms with E-state index in [-0.39, 0.29) is 5.91 Å². The maximum absolute atomic E-state index is 12.6. The Morgan fingerprint density at radius 2 is 1.88 bits per heavy atom. The van der Waals surface area contributed by atoms with Crippen LogP contribution in [0.15, 0.2) is 54.6 Å². The fourth-order valence-electron chi connectivity index (χ4n) is 3.52. The number of hydrogen-bond donors (Lipinski definition) is 2. The number of imidazole rings is 1. The summed E-state index contributed by atoms with van der Waals surface area (Å²) < 4.78 is 0. The Balaban J connectivity index is 1.36. The van der Waals surface area contributed by atoms with E-state index < -0.39 is 0 Å². The lowest BCUT2D eigenvalue weighted by Gasteiger charge is -2.15. The van der Waals surface area contributed by atoms with Crippen molar-refractivity contribution in [2.24, 2.45) is 0 Å². The maximum Gasteiger partial charge on any atom is 0.261 e. The fourth-order valence-corrected chi connectivity index (χ4v) is 4.71. The van der Waals surface area contributed by atoms with Gasteiger partial charge < -0.3 is 10.3 Å². The van der Waals surface area contributed by atoms with E-state index in [9.17, 15) is 4.79 Å². The number of aromatic nitrogens is 2. The molecule has 1 amide bonds. The summed E-state index contributed by atoms with van der Waals surface area (Å²) in [6, 6.07) is 18.4. The second-order valence-corrected chi connectivity index (χ2v) is 7.56. The summed E-state index contributed by atoms with van der Waals surface area (Å²) in [5.74, 6) is 0.730. The molecule has 0 radical (unpaired) electrons. The molecule has 0 unspecified atom stereocenters. The Bertz CT molecular complexity index is 1090. The SMILES string of the molecule is O=C(NCc1nc2ccccc2[nH]1)c1cc2c(s1)-c1ccccc1CC2. The number of nitrogens with zero attached hydrogens (tertiary/aromatic N) is 1. The van der Waals surface area contributed by atoms with E-state index >= 15 is 0 Å². The first kappa shape index (κ1) is 15.3. The molecule has 2 N–H and O–H groups in total. The first-order chi connectivity index (χ1) is 12.8. The molecule has 128 valence electrons. The summed E-state index contributed by atoms with van der Waals surface area (Å²) in [6.07, 6.45) is 2.04. The average Bonchev–Trinajstić information content (AvgIpc) is 3.30. The molecule has 0 saturated heterocycles. The predicted octanol–water partition coefficient (Wildman–Crippen LogP) is 4.32. The first-order valence-electron chi connectivity index (χ1n) is 8.71. The number of carbonyl (C=O) groups excluding carboxylic acids is 1. The molecule has 4 aromatic rings. The van der Waals surface area contributed by atoms with Gasteiger partial charge in [0, 0.05) is 4.88 Å². The second kappa shape index (κ2) is 6.11. The van der Waals surface area contributed by atoms with Crippen LogP contribution in [0, 0.1) is 0 Å². The molecular formula is C21H17N3OS. The zero-order valence-corrected chi connectivity index (χ0v) is 14.9. The van der Waals surface area contributed by atoms with E-state index in [1.807, 2.05) is 30.3 Å². The van der Waals surface area contributed by atoms with Gasteiger partial charge in [0.25, 0.3) is 5.91 Å². The molecule has 0 saturated carbocycles. The number of carbonyl (C=O) groups is 1. The van der Waals surface area contributed by atoms with Gasteiger partial charge in [-0.2, -0.15) is 0 Å². The van der Waals surface area contributed by atoms with Crippen molar-refractivity contribution in [2.45, 2.75) is 19.4 Å². The summed E-state index contributed by atoms with van der Waals surface area (Å²) in [6.45, 7) is 0.396. The topological polar surface area (TPSA) is 57.8 Å². The van der Waals surface area contributed by atoms with Crippen molar-refractivity contribution in [3.63, 3.8) is 0 Å². The normalized spacial score (nSPS) is 12.6. The van der Waals surface area contributed by atoms with Gasteiger partial charge in [-0.1, -0.05) is 36.4 Å². The number of nitrogens with one attached hydrogen (secondary N) is 2. The van der Waals surface area contributed by atoms with Gasteiger partial charge in [0.15, 0.2) is 0 Å². The van der Waals surface area contributed by atoms with Crippen molar-refractivity contribution in [1.82, 2.24) is 15.3 Å². The second-order valence-electron chi connectivity index (χ2n) is 6.51. The molecule has 0 fully saturated rings. The van der Waals surface area contributed by atoms with Gasteiger partial charge in [0.2, 0.25) is 0 Å². The minimum absolute atomic E-state index is 0.0395. The summed E-state index contributed by atoms with van der Waals surface area (Å²) in [4.78, 5) is 22.4. The third kappa shape index (κ3) is 2.61. The number of benzene rings is 2. The van der Waals surface area contributed by atoms with Gasteiger partial charge in [-0.15, -0.1) is 11.3 Å². The highest BCUT2D eigenvalue weighted by molar-refractivity contribution is 7.17. The van der Waals surface area contributed by atoms with Crippen molar-refractivity contribution >= 4 is 28.3 Å². The lowest BCUT2D eigenvalue weighted by atomic mass is 9.91. The fraction of sp³-hybridized carbons (Fsp3) is 0.143. The first-order valence-corrected chi connectivity index (χ1v) is 9.52. The molecule has 2 aromatic carbocycles. The van der Waals surface area contributed by atoms with Crippen LogP contribution in [0.5, 0.6) is 0 Å². The van der Waals surface area contributed by atoms with Gasteiger partial charge in [-0.3, -0.25) is 4.79 Å². The van der Waals surface area contributed by atoms with Crippen LogP contribution in [0.25, 0.3) is 21.5 Å². The molecule has 0 spiro atoms. The lowest BCUT2D eigenvalue weighted by molar-refractivity contribution is 0.0954. The molecule has 26 heavy (non-hydrogen) atoms. The molecule has 1 aliphatic carbocycles. The summed E-state index contributed by atoms with van der Waals surface area (Å²) in [5.41, 5.74) is 5.83. The zero-order chi connectivity index (χ0) is 17.5. The van der Waals surface area contributed by atoms with Crippen LogP contribution in [-0.4, -0.2) is 15.9 Å². The third-order valence-corrected chi connectivity index (χ3v) is 6.02. The van der Waals surface area contributed by atoms with Crippen molar-refractivity contribution in [2.75, 3.05) is 0 Å². The minimum Gasteiger partial charge on any atom is -0.344 e. The van der Waals surface area contributed by atoms with Crippen LogP contribution < -0.4 is 5.32 Å². The highest BCUT2D eigenvalue weighted by Crippen LogP contribution is 2.39. The largest absolute Gasteiger partial charge is 0.344 e. The molecule has 5 rings (SSSR count). The quantitative estimate of drug-likeness (QED) is 0.572. The number of H-pyrrole nitrogens is 1. The van der Waals surface area contributed by atoms with Gasteiger partial charge in [0.1, 0.15) is 5.82 Å². The molecule has 4 nitrogen and oxygen atoms in total. The van der Waals surface area contributed by atoms with Gasteiger partial charge in [-0.05, 0) is 47.7 Å². The molecular weight excluding hydrogens is 342 g/mol. The number of thiophene rings is 1. The zero-order valence-electron chi connectivity index (χ0n) is 14.1. The Morgan fingerprint density at radius 1 is 1.08 bits per heavy atom. The van der Waals surface area contributed by atoms with E-state index in [1.165, 1.54) is 21.6 Å². The van der Waals surface area contributed by atoms with Crippen LogP contribution in [0.3, 0.4) is 0 Å². The summed E-state index contributed by atoms with van der Waals surface area (Å²) >= 11 is 1.58. The number of para-hydroxylation sites is 2. The van der Waals surface area contributed by atoms with Crippen LogP contribution in [0.2, 0.25) is 0 Å². The number of fused-ring (bicyclic) bond motifs is 4. The van der Waals surface area contributed by atoms with E-state index in [1.54, 1.807) is 11.3 Å². The molecule has 0 bridgehead atoms. The Hall–Kier alpha value is -2.92. The summed E-state index contributed by atoms with van der Waals surface area (Å²) in [5, 5.41) is 2.99.